The minimum atomic E-state index is -0.339. The Kier molecular flexibility index (Phi) is 5.96. The third-order valence-electron chi connectivity index (χ3n) is 5.43. The van der Waals surface area contributed by atoms with Crippen molar-refractivity contribution >= 4 is 39.7 Å². The normalized spacial score (nSPS) is 14.8. The van der Waals surface area contributed by atoms with Gasteiger partial charge in [0.05, 0.1) is 10.4 Å². The van der Waals surface area contributed by atoms with E-state index in [1.807, 2.05) is 29.2 Å². The van der Waals surface area contributed by atoms with Crippen LogP contribution in [-0.2, 0) is 6.42 Å². The van der Waals surface area contributed by atoms with Gasteiger partial charge in [-0.3, -0.25) is 10.1 Å². The maximum absolute atomic E-state index is 11.8. The van der Waals surface area contributed by atoms with Crippen LogP contribution in [0.1, 0.15) is 18.4 Å². The molecule has 1 saturated heterocycles. The Morgan fingerprint density at radius 1 is 1.20 bits per heavy atom. The van der Waals surface area contributed by atoms with Crippen LogP contribution in [-0.4, -0.2) is 40.6 Å². The number of fused-ring (bicyclic) bond motifs is 1. The van der Waals surface area contributed by atoms with Crippen molar-refractivity contribution in [3.8, 4) is 0 Å². The van der Waals surface area contributed by atoms with E-state index in [4.69, 9.17) is 17.3 Å². The molecule has 0 saturated carbocycles. The molecule has 0 unspecified atom stereocenters. The number of nitro groups is 1. The second kappa shape index (κ2) is 8.81. The topological polar surface area (TPSA) is 110 Å². The van der Waals surface area contributed by atoms with Gasteiger partial charge in [-0.2, -0.15) is 0 Å². The molecule has 1 aliphatic rings. The molecule has 30 heavy (non-hydrogen) atoms. The van der Waals surface area contributed by atoms with Crippen LogP contribution in [0.2, 0.25) is 5.02 Å². The van der Waals surface area contributed by atoms with Crippen molar-refractivity contribution in [3.05, 3.63) is 63.4 Å². The van der Waals surface area contributed by atoms with Crippen molar-refractivity contribution in [2.24, 2.45) is 5.73 Å². The Morgan fingerprint density at radius 2 is 1.93 bits per heavy atom. The number of halogens is 1. The predicted molar refractivity (Wildman–Crippen MR) is 119 cm³/mol. The molecule has 1 fully saturated rings. The average Bonchev–Trinajstić information content (AvgIpc) is 2.75. The molecular weight excluding hydrogens is 404 g/mol. The van der Waals surface area contributed by atoms with E-state index in [0.717, 1.165) is 24.8 Å². The zero-order valence-corrected chi connectivity index (χ0v) is 17.2. The maximum Gasteiger partial charge on any atom is 0.293 e. The monoisotopic (exact) mass is 426 g/mol. The molecule has 1 aromatic heterocycles. The van der Waals surface area contributed by atoms with Crippen LogP contribution in [0.5, 0.6) is 0 Å². The molecule has 0 radical (unpaired) electrons. The van der Waals surface area contributed by atoms with E-state index in [0.29, 0.717) is 47.1 Å². The fourth-order valence-corrected chi connectivity index (χ4v) is 3.86. The van der Waals surface area contributed by atoms with E-state index in [1.165, 1.54) is 6.33 Å². The summed E-state index contributed by atoms with van der Waals surface area (Å²) in [7, 11) is 0. The van der Waals surface area contributed by atoms with E-state index in [1.54, 1.807) is 12.1 Å². The Hall–Kier alpha value is -2.97. The number of anilines is 2. The van der Waals surface area contributed by atoms with Gasteiger partial charge in [0.1, 0.15) is 17.8 Å². The lowest BCUT2D eigenvalue weighted by atomic mass is 10.0. The number of hydrogen-bond donors (Lipinski definition) is 2. The molecule has 3 N–H and O–H groups in total. The molecule has 0 spiro atoms. The van der Waals surface area contributed by atoms with E-state index >= 15 is 0 Å². The Bertz CT molecular complexity index is 1050. The number of aromatic nitrogens is 2. The zero-order chi connectivity index (χ0) is 21.1. The van der Waals surface area contributed by atoms with E-state index in [9.17, 15) is 10.1 Å². The van der Waals surface area contributed by atoms with Gasteiger partial charge in [-0.15, -0.1) is 0 Å². The fraction of sp³-hybridized carbons (Fsp3) is 0.333. The number of piperidine rings is 1. The first-order valence-electron chi connectivity index (χ1n) is 9.93. The fourth-order valence-electron chi connectivity index (χ4n) is 3.74. The van der Waals surface area contributed by atoms with Crippen molar-refractivity contribution < 1.29 is 4.92 Å². The first-order chi connectivity index (χ1) is 14.5. The molecule has 0 amide bonds. The van der Waals surface area contributed by atoms with Gasteiger partial charge in [-0.25, -0.2) is 9.97 Å². The van der Waals surface area contributed by atoms with Crippen molar-refractivity contribution in [2.45, 2.75) is 25.3 Å². The van der Waals surface area contributed by atoms with Crippen LogP contribution >= 0.6 is 11.6 Å². The number of nitro benzene ring substituents is 1. The lowest BCUT2D eigenvalue weighted by Crippen LogP contribution is -2.39. The maximum atomic E-state index is 11.8. The minimum absolute atomic E-state index is 0.0634. The number of nitrogens with one attached hydrogen (secondary N) is 1. The average molecular weight is 427 g/mol. The SMILES string of the molecule is NC1CCN(c2cc3ncnc(NCCc4ccc(Cl)cc4)c3cc2[N+](=O)[O-])CC1. The van der Waals surface area contributed by atoms with Crippen molar-refractivity contribution in [1.82, 2.24) is 9.97 Å². The number of nitrogens with two attached hydrogens (primary N) is 1. The largest absolute Gasteiger partial charge is 0.369 e. The minimum Gasteiger partial charge on any atom is -0.369 e. The van der Waals surface area contributed by atoms with Crippen molar-refractivity contribution in [3.63, 3.8) is 0 Å². The molecule has 3 aromatic rings. The highest BCUT2D eigenvalue weighted by atomic mass is 35.5. The Morgan fingerprint density at radius 3 is 2.63 bits per heavy atom. The van der Waals surface area contributed by atoms with Gasteiger partial charge < -0.3 is 16.0 Å². The summed E-state index contributed by atoms with van der Waals surface area (Å²) in [5.41, 5.74) is 8.45. The Labute approximate surface area is 179 Å². The van der Waals surface area contributed by atoms with Gasteiger partial charge >= 0.3 is 0 Å². The van der Waals surface area contributed by atoms with Gasteiger partial charge in [0.25, 0.3) is 5.69 Å². The third kappa shape index (κ3) is 4.44. The number of hydrogen-bond acceptors (Lipinski definition) is 7. The molecular formula is C21H23ClN6O2. The summed E-state index contributed by atoms with van der Waals surface area (Å²) >= 11 is 5.93. The van der Waals surface area contributed by atoms with E-state index < -0.39 is 0 Å². The molecule has 9 heteroatoms. The summed E-state index contributed by atoms with van der Waals surface area (Å²) in [6, 6.07) is 11.2. The molecule has 2 aromatic carbocycles. The summed E-state index contributed by atoms with van der Waals surface area (Å²) in [6.45, 7) is 2.03. The van der Waals surface area contributed by atoms with Crippen LogP contribution in [0.4, 0.5) is 17.2 Å². The summed E-state index contributed by atoms with van der Waals surface area (Å²) in [4.78, 5) is 22.1. The Balaban J connectivity index is 1.59. The highest BCUT2D eigenvalue weighted by molar-refractivity contribution is 6.30. The van der Waals surface area contributed by atoms with Gasteiger partial charge in [-0.05, 0) is 43.0 Å². The third-order valence-corrected chi connectivity index (χ3v) is 5.68. The molecule has 4 rings (SSSR count). The van der Waals surface area contributed by atoms with Crippen molar-refractivity contribution in [1.29, 1.82) is 0 Å². The van der Waals surface area contributed by atoms with E-state index in [2.05, 4.69) is 15.3 Å². The molecule has 0 atom stereocenters. The molecule has 1 aliphatic heterocycles. The van der Waals surface area contributed by atoms with E-state index in [-0.39, 0.29) is 16.7 Å². The van der Waals surface area contributed by atoms with Crippen LogP contribution in [0.15, 0.2) is 42.7 Å². The summed E-state index contributed by atoms with van der Waals surface area (Å²) in [5.74, 6) is 0.587. The number of benzene rings is 2. The first-order valence-corrected chi connectivity index (χ1v) is 10.3. The number of nitrogens with zero attached hydrogens (tertiary/aromatic N) is 4. The number of rotatable bonds is 6. The quantitative estimate of drug-likeness (QED) is 0.455. The van der Waals surface area contributed by atoms with Crippen LogP contribution in [0.25, 0.3) is 10.9 Å². The highest BCUT2D eigenvalue weighted by Crippen LogP contribution is 2.35. The summed E-state index contributed by atoms with van der Waals surface area (Å²) < 4.78 is 0. The molecule has 8 nitrogen and oxygen atoms in total. The van der Waals surface area contributed by atoms with Crippen molar-refractivity contribution in [2.75, 3.05) is 29.9 Å². The van der Waals surface area contributed by atoms with Gasteiger partial charge in [0.2, 0.25) is 0 Å². The second-order valence-corrected chi connectivity index (χ2v) is 7.90. The lowest BCUT2D eigenvalue weighted by Gasteiger charge is -2.31. The summed E-state index contributed by atoms with van der Waals surface area (Å²) in [6.07, 6.45) is 3.89. The van der Waals surface area contributed by atoms with Crippen LogP contribution in [0.3, 0.4) is 0 Å². The van der Waals surface area contributed by atoms with Gasteiger partial charge in [0.15, 0.2) is 0 Å². The van der Waals surface area contributed by atoms with Crippen LogP contribution in [0, 0.1) is 10.1 Å². The second-order valence-electron chi connectivity index (χ2n) is 7.47. The smallest absolute Gasteiger partial charge is 0.293 e. The molecule has 0 aliphatic carbocycles. The zero-order valence-electron chi connectivity index (χ0n) is 16.4. The molecule has 2 heterocycles. The molecule has 156 valence electrons. The lowest BCUT2D eigenvalue weighted by molar-refractivity contribution is -0.384. The summed E-state index contributed by atoms with van der Waals surface area (Å²) in [5, 5.41) is 16.4. The first kappa shape index (κ1) is 20.3. The highest BCUT2D eigenvalue weighted by Gasteiger charge is 2.25. The predicted octanol–water partition coefficient (Wildman–Crippen LogP) is 3.77. The molecule has 0 bridgehead atoms. The van der Waals surface area contributed by atoms with Crippen LogP contribution < -0.4 is 16.0 Å². The standard InChI is InChI=1S/C21H23ClN6O2/c22-15-3-1-14(2-4-15)5-8-24-21-17-11-20(28(29)30)19(12-18(17)25-13-26-21)27-9-6-16(23)7-10-27/h1-4,11-13,16H,5-10,23H2,(H,24,25,26). The van der Waals surface area contributed by atoms with Gasteiger partial charge in [0, 0.05) is 42.2 Å². The van der Waals surface area contributed by atoms with Gasteiger partial charge in [-0.1, -0.05) is 23.7 Å².